The van der Waals surface area contributed by atoms with Crippen molar-refractivity contribution in [3.05, 3.63) is 23.3 Å². The summed E-state index contributed by atoms with van der Waals surface area (Å²) in [6.07, 6.45) is -4.45. The van der Waals surface area contributed by atoms with Crippen molar-refractivity contribution in [2.45, 2.75) is 13.1 Å². The summed E-state index contributed by atoms with van der Waals surface area (Å²) < 4.78 is 50.3. The molecular formula is C13H15F3O4. The summed E-state index contributed by atoms with van der Waals surface area (Å²) >= 11 is 0. The highest BCUT2D eigenvalue weighted by atomic mass is 19.4. The van der Waals surface area contributed by atoms with E-state index < -0.39 is 25.2 Å². The molecule has 0 N–H and O–H groups in total. The minimum atomic E-state index is -4.45. The van der Waals surface area contributed by atoms with Crippen molar-refractivity contribution in [2.75, 3.05) is 27.4 Å². The monoisotopic (exact) mass is 292 g/mol. The molecule has 0 heterocycles. The van der Waals surface area contributed by atoms with Crippen LogP contribution in [0.2, 0.25) is 0 Å². The minimum absolute atomic E-state index is 0.241. The van der Waals surface area contributed by atoms with Crippen LogP contribution in [0.15, 0.2) is 12.1 Å². The highest BCUT2D eigenvalue weighted by molar-refractivity contribution is 5.99. The Hall–Kier alpha value is -1.76. The van der Waals surface area contributed by atoms with Crippen molar-refractivity contribution in [3.8, 4) is 11.5 Å². The quantitative estimate of drug-likeness (QED) is 0.756. The normalized spacial score (nSPS) is 11.3. The first-order valence-electron chi connectivity index (χ1n) is 5.68. The fraction of sp³-hybridized carbons (Fsp3) is 0.462. The molecule has 0 aliphatic heterocycles. The lowest BCUT2D eigenvalue weighted by molar-refractivity contribution is -0.170. The molecular weight excluding hydrogens is 277 g/mol. The van der Waals surface area contributed by atoms with E-state index in [-0.39, 0.29) is 5.56 Å². The molecule has 0 saturated carbocycles. The zero-order valence-corrected chi connectivity index (χ0v) is 11.3. The van der Waals surface area contributed by atoms with E-state index in [1.807, 2.05) is 0 Å². The van der Waals surface area contributed by atoms with Crippen LogP contribution in [0.1, 0.15) is 15.9 Å². The molecule has 0 fully saturated rings. The number of carbonyl (C=O) groups excluding carboxylic acids is 1. The molecule has 7 heteroatoms. The number of carbonyl (C=O) groups is 1. The maximum Gasteiger partial charge on any atom is 0.411 e. The smallest absolute Gasteiger partial charge is 0.411 e. The van der Waals surface area contributed by atoms with Crippen LogP contribution >= 0.6 is 0 Å². The molecule has 1 aromatic carbocycles. The molecule has 0 aromatic heterocycles. The Kier molecular flexibility index (Phi) is 5.38. The second kappa shape index (κ2) is 6.60. The molecule has 112 valence electrons. The maximum absolute atomic E-state index is 11.9. The molecule has 0 spiro atoms. The van der Waals surface area contributed by atoms with Gasteiger partial charge in [0.1, 0.15) is 13.2 Å². The summed E-state index contributed by atoms with van der Waals surface area (Å²) in [7, 11) is 2.85. The van der Waals surface area contributed by atoms with Crippen molar-refractivity contribution < 1.29 is 32.2 Å². The van der Waals surface area contributed by atoms with Gasteiger partial charge < -0.3 is 14.2 Å². The van der Waals surface area contributed by atoms with Crippen LogP contribution < -0.4 is 9.47 Å². The van der Waals surface area contributed by atoms with Crippen molar-refractivity contribution in [3.63, 3.8) is 0 Å². The number of hydrogen-bond acceptors (Lipinski definition) is 4. The summed E-state index contributed by atoms with van der Waals surface area (Å²) in [5.41, 5.74) is 0.813. The number of hydrogen-bond donors (Lipinski definition) is 0. The van der Waals surface area contributed by atoms with Gasteiger partial charge in [-0.05, 0) is 24.6 Å². The number of alkyl halides is 3. The van der Waals surface area contributed by atoms with Gasteiger partial charge >= 0.3 is 6.18 Å². The standard InChI is InChI=1S/C13H15F3O4/c1-8-4-11(18-2)12(19-3)5-9(8)10(17)6-20-7-13(14,15)16/h4-5H,6-7H2,1-3H3. The third kappa shape index (κ3) is 4.41. The number of ketones is 1. The fourth-order valence-corrected chi connectivity index (χ4v) is 1.62. The summed E-state index contributed by atoms with van der Waals surface area (Å²) in [6, 6.07) is 3.00. The lowest BCUT2D eigenvalue weighted by atomic mass is 10.0. The fourth-order valence-electron chi connectivity index (χ4n) is 1.62. The largest absolute Gasteiger partial charge is 0.493 e. The molecule has 0 saturated heterocycles. The van der Waals surface area contributed by atoms with Gasteiger partial charge in [0.15, 0.2) is 17.3 Å². The van der Waals surface area contributed by atoms with Crippen LogP contribution in [-0.4, -0.2) is 39.4 Å². The molecule has 0 radical (unpaired) electrons. The molecule has 0 aliphatic carbocycles. The van der Waals surface area contributed by atoms with E-state index in [4.69, 9.17) is 9.47 Å². The van der Waals surface area contributed by atoms with Gasteiger partial charge in [-0.15, -0.1) is 0 Å². The number of Topliss-reactive ketones (excluding diaryl/α,β-unsaturated/α-hetero) is 1. The molecule has 20 heavy (non-hydrogen) atoms. The van der Waals surface area contributed by atoms with Crippen molar-refractivity contribution >= 4 is 5.78 Å². The van der Waals surface area contributed by atoms with E-state index in [1.54, 1.807) is 13.0 Å². The predicted molar refractivity (Wildman–Crippen MR) is 65.5 cm³/mol. The Morgan fingerprint density at radius 1 is 1.15 bits per heavy atom. The number of aryl methyl sites for hydroxylation is 1. The Balaban J connectivity index is 2.82. The van der Waals surface area contributed by atoms with Gasteiger partial charge in [0.2, 0.25) is 0 Å². The summed E-state index contributed by atoms with van der Waals surface area (Å²) in [5, 5.41) is 0. The van der Waals surface area contributed by atoms with Crippen LogP contribution in [0, 0.1) is 6.92 Å². The number of halogens is 3. The second-order valence-electron chi connectivity index (χ2n) is 4.05. The van der Waals surface area contributed by atoms with Gasteiger partial charge in [0, 0.05) is 5.56 Å². The van der Waals surface area contributed by atoms with Gasteiger partial charge in [-0.1, -0.05) is 0 Å². The lowest BCUT2D eigenvalue weighted by Gasteiger charge is -2.12. The Morgan fingerprint density at radius 3 is 2.20 bits per heavy atom. The van der Waals surface area contributed by atoms with Gasteiger partial charge in [-0.2, -0.15) is 13.2 Å². The molecule has 0 atom stereocenters. The minimum Gasteiger partial charge on any atom is -0.493 e. The van der Waals surface area contributed by atoms with E-state index in [9.17, 15) is 18.0 Å². The van der Waals surface area contributed by atoms with Gasteiger partial charge in [0.05, 0.1) is 14.2 Å². The molecule has 1 rings (SSSR count). The predicted octanol–water partition coefficient (Wildman–Crippen LogP) is 2.77. The first-order chi connectivity index (χ1) is 9.28. The number of benzene rings is 1. The zero-order valence-electron chi connectivity index (χ0n) is 11.3. The van der Waals surface area contributed by atoms with Crippen LogP contribution in [-0.2, 0) is 4.74 Å². The van der Waals surface area contributed by atoms with E-state index >= 15 is 0 Å². The first kappa shape index (κ1) is 16.3. The zero-order chi connectivity index (χ0) is 15.3. The average Bonchev–Trinajstić information content (AvgIpc) is 2.36. The molecule has 0 unspecified atom stereocenters. The number of methoxy groups -OCH3 is 2. The summed E-state index contributed by atoms with van der Waals surface area (Å²) in [4.78, 5) is 11.8. The molecule has 0 aliphatic rings. The average molecular weight is 292 g/mol. The molecule has 0 bridgehead atoms. The van der Waals surface area contributed by atoms with Gasteiger partial charge in [-0.25, -0.2) is 0 Å². The Labute approximate surface area is 114 Å². The van der Waals surface area contributed by atoms with Gasteiger partial charge in [0.25, 0.3) is 0 Å². The lowest BCUT2D eigenvalue weighted by Crippen LogP contribution is -2.20. The van der Waals surface area contributed by atoms with Gasteiger partial charge in [-0.3, -0.25) is 4.79 Å². The highest BCUT2D eigenvalue weighted by Gasteiger charge is 2.28. The summed E-state index contributed by atoms with van der Waals surface area (Å²) in [6.45, 7) is -0.445. The topological polar surface area (TPSA) is 44.8 Å². The van der Waals surface area contributed by atoms with Crippen LogP contribution in [0.4, 0.5) is 13.2 Å². The van der Waals surface area contributed by atoms with Crippen molar-refractivity contribution in [1.29, 1.82) is 0 Å². The van der Waals surface area contributed by atoms with E-state index in [1.165, 1.54) is 20.3 Å². The number of ether oxygens (including phenoxy) is 3. The first-order valence-corrected chi connectivity index (χ1v) is 5.68. The maximum atomic E-state index is 11.9. The third-order valence-electron chi connectivity index (χ3n) is 2.53. The Bertz CT molecular complexity index is 483. The SMILES string of the molecule is COc1cc(C)c(C(=O)COCC(F)(F)F)cc1OC. The second-order valence-corrected chi connectivity index (χ2v) is 4.05. The van der Waals surface area contributed by atoms with E-state index in [0.717, 1.165) is 0 Å². The molecule has 4 nitrogen and oxygen atoms in total. The number of rotatable bonds is 6. The summed E-state index contributed by atoms with van der Waals surface area (Å²) in [5.74, 6) is 0.225. The third-order valence-corrected chi connectivity index (χ3v) is 2.53. The van der Waals surface area contributed by atoms with Crippen molar-refractivity contribution in [2.24, 2.45) is 0 Å². The van der Waals surface area contributed by atoms with Crippen molar-refractivity contribution in [1.82, 2.24) is 0 Å². The van der Waals surface area contributed by atoms with E-state index in [0.29, 0.717) is 17.1 Å². The Morgan fingerprint density at radius 2 is 1.70 bits per heavy atom. The van der Waals surface area contributed by atoms with Crippen LogP contribution in [0.25, 0.3) is 0 Å². The van der Waals surface area contributed by atoms with Crippen LogP contribution in [0.3, 0.4) is 0 Å². The van der Waals surface area contributed by atoms with Crippen LogP contribution in [0.5, 0.6) is 11.5 Å². The molecule has 1 aromatic rings. The van der Waals surface area contributed by atoms with E-state index in [2.05, 4.69) is 4.74 Å². The molecule has 0 amide bonds. The highest BCUT2D eigenvalue weighted by Crippen LogP contribution is 2.30.